The zero-order valence-corrected chi connectivity index (χ0v) is 7.41. The van der Waals surface area contributed by atoms with E-state index in [1.165, 1.54) is 0 Å². The molecular formula is C9H17FN2. The minimum absolute atomic E-state index is 0.139. The van der Waals surface area contributed by atoms with Gasteiger partial charge in [-0.2, -0.15) is 0 Å². The van der Waals surface area contributed by atoms with E-state index in [-0.39, 0.29) is 6.04 Å². The van der Waals surface area contributed by atoms with Gasteiger partial charge in [-0.05, 0) is 45.3 Å². The molecule has 0 saturated carbocycles. The van der Waals surface area contributed by atoms with E-state index < -0.39 is 5.67 Å². The Labute approximate surface area is 72.9 Å². The summed E-state index contributed by atoms with van der Waals surface area (Å²) in [6, 6.07) is 0.139. The molecule has 2 N–H and O–H groups in total. The molecule has 1 atom stereocenters. The third-order valence-electron chi connectivity index (χ3n) is 3.12. The predicted octanol–water partition coefficient (Wildman–Crippen LogP) is 0.830. The van der Waals surface area contributed by atoms with Crippen molar-refractivity contribution in [2.45, 2.75) is 37.4 Å². The summed E-state index contributed by atoms with van der Waals surface area (Å²) in [7, 11) is 0. The van der Waals surface area contributed by atoms with Crippen molar-refractivity contribution in [1.82, 2.24) is 10.6 Å². The van der Waals surface area contributed by atoms with Gasteiger partial charge < -0.3 is 10.6 Å². The maximum atomic E-state index is 14.2. The predicted molar refractivity (Wildman–Crippen MR) is 47.0 cm³/mol. The van der Waals surface area contributed by atoms with Crippen LogP contribution in [0.5, 0.6) is 0 Å². The molecule has 0 radical (unpaired) electrons. The summed E-state index contributed by atoms with van der Waals surface area (Å²) in [5.41, 5.74) is -0.915. The topological polar surface area (TPSA) is 24.1 Å². The van der Waals surface area contributed by atoms with Gasteiger partial charge in [0.2, 0.25) is 0 Å². The highest BCUT2D eigenvalue weighted by atomic mass is 19.1. The standard InChI is InChI=1S/C9H17FN2/c10-9(3-6-11-7-4-9)8-2-1-5-12-8/h8,11-12H,1-7H2. The molecule has 2 nitrogen and oxygen atoms in total. The fourth-order valence-corrected chi connectivity index (χ4v) is 2.32. The normalized spacial score (nSPS) is 35.2. The minimum atomic E-state index is -0.915. The molecule has 0 aliphatic carbocycles. The van der Waals surface area contributed by atoms with Gasteiger partial charge in [0.1, 0.15) is 5.67 Å². The number of halogens is 1. The van der Waals surface area contributed by atoms with Crippen LogP contribution in [0.3, 0.4) is 0 Å². The Morgan fingerprint density at radius 1 is 1.17 bits per heavy atom. The fourth-order valence-electron chi connectivity index (χ4n) is 2.32. The van der Waals surface area contributed by atoms with Gasteiger partial charge in [0, 0.05) is 6.04 Å². The van der Waals surface area contributed by atoms with Crippen LogP contribution in [0.15, 0.2) is 0 Å². The zero-order chi connectivity index (χ0) is 8.44. The van der Waals surface area contributed by atoms with Gasteiger partial charge in [0.25, 0.3) is 0 Å². The molecule has 0 spiro atoms. The summed E-state index contributed by atoms with van der Waals surface area (Å²) in [6.07, 6.45) is 3.54. The van der Waals surface area contributed by atoms with E-state index in [1.54, 1.807) is 0 Å². The Hall–Kier alpha value is -0.150. The molecule has 3 heteroatoms. The van der Waals surface area contributed by atoms with Crippen LogP contribution in [0.2, 0.25) is 0 Å². The lowest BCUT2D eigenvalue weighted by Crippen LogP contribution is -2.50. The Morgan fingerprint density at radius 2 is 1.92 bits per heavy atom. The van der Waals surface area contributed by atoms with Crippen molar-refractivity contribution < 1.29 is 4.39 Å². The quantitative estimate of drug-likeness (QED) is 0.612. The van der Waals surface area contributed by atoms with Gasteiger partial charge in [0.15, 0.2) is 0 Å². The molecule has 0 bridgehead atoms. The molecular weight excluding hydrogens is 155 g/mol. The summed E-state index contributed by atoms with van der Waals surface area (Å²) >= 11 is 0. The lowest BCUT2D eigenvalue weighted by atomic mass is 9.86. The Kier molecular flexibility index (Phi) is 2.33. The second-order valence-electron chi connectivity index (χ2n) is 3.93. The number of nitrogens with one attached hydrogen (secondary N) is 2. The molecule has 12 heavy (non-hydrogen) atoms. The van der Waals surface area contributed by atoms with E-state index >= 15 is 0 Å². The van der Waals surface area contributed by atoms with Crippen LogP contribution in [0.25, 0.3) is 0 Å². The van der Waals surface area contributed by atoms with E-state index in [1.807, 2.05) is 0 Å². The van der Waals surface area contributed by atoms with Gasteiger partial charge in [-0.15, -0.1) is 0 Å². The first-order chi connectivity index (χ1) is 5.81. The Morgan fingerprint density at radius 3 is 2.50 bits per heavy atom. The third kappa shape index (κ3) is 1.48. The van der Waals surface area contributed by atoms with Crippen LogP contribution in [0.1, 0.15) is 25.7 Å². The molecule has 2 heterocycles. The van der Waals surface area contributed by atoms with Gasteiger partial charge in [-0.25, -0.2) is 4.39 Å². The van der Waals surface area contributed by atoms with Crippen LogP contribution in [-0.2, 0) is 0 Å². The second-order valence-corrected chi connectivity index (χ2v) is 3.93. The van der Waals surface area contributed by atoms with Crippen molar-refractivity contribution in [3.05, 3.63) is 0 Å². The maximum Gasteiger partial charge on any atom is 0.128 e. The Balaban J connectivity index is 1.97. The van der Waals surface area contributed by atoms with Crippen LogP contribution < -0.4 is 10.6 Å². The molecule has 2 aliphatic heterocycles. The van der Waals surface area contributed by atoms with E-state index in [9.17, 15) is 4.39 Å². The smallest absolute Gasteiger partial charge is 0.128 e. The van der Waals surface area contributed by atoms with Gasteiger partial charge in [0.05, 0.1) is 0 Å². The highest BCUT2D eigenvalue weighted by Crippen LogP contribution is 2.31. The van der Waals surface area contributed by atoms with E-state index in [2.05, 4.69) is 10.6 Å². The van der Waals surface area contributed by atoms with Gasteiger partial charge >= 0.3 is 0 Å². The summed E-state index contributed by atoms with van der Waals surface area (Å²) in [4.78, 5) is 0. The molecule has 2 fully saturated rings. The van der Waals surface area contributed by atoms with Crippen molar-refractivity contribution in [3.63, 3.8) is 0 Å². The van der Waals surface area contributed by atoms with Crippen LogP contribution in [-0.4, -0.2) is 31.3 Å². The number of rotatable bonds is 1. The summed E-state index contributed by atoms with van der Waals surface area (Å²) in [5.74, 6) is 0. The zero-order valence-electron chi connectivity index (χ0n) is 7.41. The molecule has 0 aromatic rings. The number of piperidine rings is 1. The van der Waals surface area contributed by atoms with Gasteiger partial charge in [-0.3, -0.25) is 0 Å². The highest BCUT2D eigenvalue weighted by Gasteiger charge is 2.40. The molecule has 1 unspecified atom stereocenters. The minimum Gasteiger partial charge on any atom is -0.316 e. The fraction of sp³-hybridized carbons (Fsp3) is 1.00. The first kappa shape index (κ1) is 8.45. The van der Waals surface area contributed by atoms with Crippen LogP contribution >= 0.6 is 0 Å². The molecule has 0 aromatic carbocycles. The third-order valence-corrected chi connectivity index (χ3v) is 3.12. The molecule has 2 aliphatic rings. The molecule has 0 aromatic heterocycles. The second kappa shape index (κ2) is 3.30. The average molecular weight is 172 g/mol. The molecule has 70 valence electrons. The van der Waals surface area contributed by atoms with Crippen molar-refractivity contribution in [2.24, 2.45) is 0 Å². The number of hydrogen-bond acceptors (Lipinski definition) is 2. The highest BCUT2D eigenvalue weighted by molar-refractivity contribution is 4.97. The molecule has 2 rings (SSSR count). The van der Waals surface area contributed by atoms with Crippen molar-refractivity contribution in [3.8, 4) is 0 Å². The van der Waals surface area contributed by atoms with Crippen molar-refractivity contribution in [2.75, 3.05) is 19.6 Å². The Bertz CT molecular complexity index is 149. The van der Waals surface area contributed by atoms with Crippen LogP contribution in [0, 0.1) is 0 Å². The average Bonchev–Trinajstić information content (AvgIpc) is 2.58. The van der Waals surface area contributed by atoms with Crippen molar-refractivity contribution >= 4 is 0 Å². The summed E-state index contributed by atoms with van der Waals surface area (Å²) in [6.45, 7) is 2.69. The van der Waals surface area contributed by atoms with E-state index in [0.717, 1.165) is 32.5 Å². The lowest BCUT2D eigenvalue weighted by Gasteiger charge is -2.35. The largest absolute Gasteiger partial charge is 0.316 e. The monoisotopic (exact) mass is 172 g/mol. The van der Waals surface area contributed by atoms with Gasteiger partial charge in [-0.1, -0.05) is 0 Å². The summed E-state index contributed by atoms with van der Waals surface area (Å²) < 4.78 is 14.2. The lowest BCUT2D eigenvalue weighted by molar-refractivity contribution is 0.0752. The SMILES string of the molecule is FC1(C2CCCN2)CCNCC1. The number of hydrogen-bond donors (Lipinski definition) is 2. The maximum absolute atomic E-state index is 14.2. The molecule has 2 saturated heterocycles. The summed E-state index contributed by atoms with van der Waals surface area (Å²) in [5, 5.41) is 6.46. The van der Waals surface area contributed by atoms with Crippen molar-refractivity contribution in [1.29, 1.82) is 0 Å². The van der Waals surface area contributed by atoms with E-state index in [4.69, 9.17) is 0 Å². The van der Waals surface area contributed by atoms with E-state index in [0.29, 0.717) is 12.8 Å². The van der Waals surface area contributed by atoms with Crippen LogP contribution in [0.4, 0.5) is 4.39 Å². The first-order valence-corrected chi connectivity index (χ1v) is 4.94. The molecule has 0 amide bonds. The first-order valence-electron chi connectivity index (χ1n) is 4.94. The number of alkyl halides is 1.